The average molecular weight is 455 g/mol. The van der Waals surface area contributed by atoms with Gasteiger partial charge in [0, 0.05) is 40.9 Å². The van der Waals surface area contributed by atoms with E-state index in [1.54, 1.807) is 7.11 Å². The van der Waals surface area contributed by atoms with Crippen molar-refractivity contribution in [2.45, 2.75) is 38.5 Å². The van der Waals surface area contributed by atoms with E-state index in [0.717, 1.165) is 33.1 Å². The first kappa shape index (κ1) is 21.8. The Morgan fingerprint density at radius 3 is 2.03 bits per heavy atom. The van der Waals surface area contributed by atoms with Gasteiger partial charge in [0.25, 0.3) is 0 Å². The van der Waals surface area contributed by atoms with Crippen molar-refractivity contribution in [2.24, 2.45) is 0 Å². The fraction of sp³-hybridized carbons (Fsp3) is 0.259. The number of nitrogens with one attached hydrogen (secondary N) is 2. The van der Waals surface area contributed by atoms with E-state index in [9.17, 15) is 9.59 Å². The number of anilines is 2. The summed E-state index contributed by atoms with van der Waals surface area (Å²) in [5.74, 6) is 2.40. The molecule has 0 saturated heterocycles. The number of carbonyl (C=O) groups excluding carboxylic acids is 2. The molecular formula is C27H26N4O3. The highest BCUT2D eigenvalue weighted by Crippen LogP contribution is 2.39. The zero-order valence-electron chi connectivity index (χ0n) is 19.4. The van der Waals surface area contributed by atoms with Crippen LogP contribution in [0.5, 0.6) is 5.88 Å². The Kier molecular flexibility index (Phi) is 5.61. The van der Waals surface area contributed by atoms with Crippen LogP contribution in [0.3, 0.4) is 0 Å². The zero-order chi connectivity index (χ0) is 23.8. The van der Waals surface area contributed by atoms with Gasteiger partial charge in [-0.1, -0.05) is 56.3 Å². The molecule has 4 heterocycles. The molecule has 6 rings (SSSR count). The van der Waals surface area contributed by atoms with Crippen molar-refractivity contribution in [1.82, 2.24) is 9.97 Å². The molecule has 0 radical (unpaired) electrons. The monoisotopic (exact) mass is 454 g/mol. The molecule has 2 aromatic heterocycles. The number of rotatable bonds is 1. The lowest BCUT2D eigenvalue weighted by Gasteiger charge is -2.24. The number of methoxy groups -OCH3 is 1. The van der Waals surface area contributed by atoms with Gasteiger partial charge in [0.1, 0.15) is 11.6 Å². The predicted molar refractivity (Wildman–Crippen MR) is 133 cm³/mol. The molecule has 2 aromatic carbocycles. The molecular weight excluding hydrogens is 428 g/mol. The standard InChI is InChI=1S/C14H14N2O2.C13H12N2O/c1-8-7-11(17)15-13-12(8)9-5-3-4-6-10(9)14(16-13)18-2;1-8-6-11(16)15-13-12(8)10-5-3-2-4-9(10)7-14-13/h3-6,8H,7H2,1-2H3,(H,15,16,17);2-5,7-8H,6H2,1H3,(H,14,15,16). The summed E-state index contributed by atoms with van der Waals surface area (Å²) in [4.78, 5) is 31.7. The number of benzene rings is 2. The number of ether oxygens (including phenoxy) is 1. The van der Waals surface area contributed by atoms with E-state index < -0.39 is 0 Å². The summed E-state index contributed by atoms with van der Waals surface area (Å²) < 4.78 is 5.30. The van der Waals surface area contributed by atoms with Gasteiger partial charge in [-0.25, -0.2) is 4.98 Å². The molecule has 2 unspecified atom stereocenters. The second-order valence-electron chi connectivity index (χ2n) is 8.84. The lowest BCUT2D eigenvalue weighted by Crippen LogP contribution is -2.23. The van der Waals surface area contributed by atoms with Crippen LogP contribution >= 0.6 is 0 Å². The molecule has 2 aliphatic heterocycles. The minimum absolute atomic E-state index is 0.0137. The number of hydrogen-bond acceptors (Lipinski definition) is 5. The molecule has 0 fully saturated rings. The maximum Gasteiger partial charge on any atom is 0.226 e. The Bertz CT molecular complexity index is 1430. The SMILES string of the molecule is CC1CC(=O)Nc2ncc3ccccc3c21.COc1nc2c(c3ccccc13)C(C)CC(=O)N2. The van der Waals surface area contributed by atoms with Gasteiger partial charge in [0.15, 0.2) is 0 Å². The Labute approximate surface area is 197 Å². The van der Waals surface area contributed by atoms with Gasteiger partial charge in [0.2, 0.25) is 17.7 Å². The second kappa shape index (κ2) is 8.74. The summed E-state index contributed by atoms with van der Waals surface area (Å²) in [6.07, 6.45) is 2.86. The van der Waals surface area contributed by atoms with Crippen molar-refractivity contribution in [3.8, 4) is 5.88 Å². The molecule has 0 aliphatic carbocycles. The highest BCUT2D eigenvalue weighted by molar-refractivity contribution is 6.01. The minimum Gasteiger partial charge on any atom is -0.480 e. The van der Waals surface area contributed by atoms with Gasteiger partial charge in [-0.15, -0.1) is 0 Å². The number of nitrogens with zero attached hydrogens (tertiary/aromatic N) is 2. The molecule has 0 bridgehead atoms. The van der Waals surface area contributed by atoms with Crippen LogP contribution in [0, 0.1) is 0 Å². The highest BCUT2D eigenvalue weighted by Gasteiger charge is 2.26. The summed E-state index contributed by atoms with van der Waals surface area (Å²) >= 11 is 0. The van der Waals surface area contributed by atoms with Crippen molar-refractivity contribution >= 4 is 45.0 Å². The molecule has 4 aromatic rings. The van der Waals surface area contributed by atoms with Crippen LogP contribution in [0.4, 0.5) is 11.6 Å². The van der Waals surface area contributed by atoms with Gasteiger partial charge in [-0.2, -0.15) is 4.98 Å². The average Bonchev–Trinajstić information content (AvgIpc) is 2.83. The fourth-order valence-corrected chi connectivity index (χ4v) is 4.91. The fourth-order valence-electron chi connectivity index (χ4n) is 4.91. The Morgan fingerprint density at radius 2 is 1.35 bits per heavy atom. The first-order chi connectivity index (χ1) is 16.5. The van der Waals surface area contributed by atoms with Crippen LogP contribution in [0.1, 0.15) is 49.7 Å². The summed E-state index contributed by atoms with van der Waals surface area (Å²) in [7, 11) is 1.59. The Morgan fingerprint density at radius 1 is 0.794 bits per heavy atom. The molecule has 7 nitrogen and oxygen atoms in total. The predicted octanol–water partition coefficient (Wildman–Crippen LogP) is 5.37. The van der Waals surface area contributed by atoms with Crippen molar-refractivity contribution < 1.29 is 14.3 Å². The van der Waals surface area contributed by atoms with Crippen molar-refractivity contribution in [3.05, 3.63) is 65.9 Å². The molecule has 2 aliphatic rings. The van der Waals surface area contributed by atoms with Gasteiger partial charge < -0.3 is 15.4 Å². The van der Waals surface area contributed by atoms with Crippen LogP contribution in [-0.2, 0) is 9.59 Å². The summed E-state index contributed by atoms with van der Waals surface area (Å²) in [5.41, 5.74) is 2.27. The van der Waals surface area contributed by atoms with Crippen molar-refractivity contribution in [3.63, 3.8) is 0 Å². The summed E-state index contributed by atoms with van der Waals surface area (Å²) in [6.45, 7) is 4.13. The third kappa shape index (κ3) is 3.83. The quantitative estimate of drug-likeness (QED) is 0.403. The minimum atomic E-state index is 0.0137. The zero-order valence-corrected chi connectivity index (χ0v) is 19.4. The van der Waals surface area contributed by atoms with Crippen molar-refractivity contribution in [1.29, 1.82) is 0 Å². The third-order valence-corrected chi connectivity index (χ3v) is 6.43. The van der Waals surface area contributed by atoms with Crippen molar-refractivity contribution in [2.75, 3.05) is 17.7 Å². The van der Waals surface area contributed by atoms with E-state index in [-0.39, 0.29) is 23.7 Å². The maximum absolute atomic E-state index is 11.6. The number of fused-ring (bicyclic) bond motifs is 6. The molecule has 34 heavy (non-hydrogen) atoms. The maximum atomic E-state index is 11.6. The Balaban J connectivity index is 0.000000142. The van der Waals surface area contributed by atoms with Crippen LogP contribution in [-0.4, -0.2) is 28.9 Å². The van der Waals surface area contributed by atoms with E-state index >= 15 is 0 Å². The number of carbonyl (C=O) groups is 2. The van der Waals surface area contributed by atoms with E-state index in [4.69, 9.17) is 4.74 Å². The van der Waals surface area contributed by atoms with E-state index in [0.29, 0.717) is 24.5 Å². The number of aromatic nitrogens is 2. The van der Waals surface area contributed by atoms with E-state index in [1.807, 2.05) is 48.7 Å². The lowest BCUT2D eigenvalue weighted by molar-refractivity contribution is -0.117. The smallest absolute Gasteiger partial charge is 0.226 e. The molecule has 2 amide bonds. The molecule has 2 atom stereocenters. The van der Waals surface area contributed by atoms with E-state index in [2.05, 4.69) is 40.5 Å². The van der Waals surface area contributed by atoms with Gasteiger partial charge in [-0.05, 0) is 28.7 Å². The van der Waals surface area contributed by atoms with Crippen LogP contribution in [0.2, 0.25) is 0 Å². The molecule has 7 heteroatoms. The molecule has 0 saturated carbocycles. The summed E-state index contributed by atoms with van der Waals surface area (Å²) in [6, 6.07) is 16.1. The molecule has 0 spiro atoms. The molecule has 2 N–H and O–H groups in total. The van der Waals surface area contributed by atoms with Crippen LogP contribution in [0.15, 0.2) is 54.7 Å². The number of amides is 2. The number of pyridine rings is 2. The second-order valence-corrected chi connectivity index (χ2v) is 8.84. The van der Waals surface area contributed by atoms with Crippen LogP contribution in [0.25, 0.3) is 21.5 Å². The molecule has 172 valence electrons. The normalized spacial score (nSPS) is 18.8. The van der Waals surface area contributed by atoms with E-state index in [1.165, 1.54) is 5.39 Å². The third-order valence-electron chi connectivity index (χ3n) is 6.43. The van der Waals surface area contributed by atoms with Gasteiger partial charge in [-0.3, -0.25) is 9.59 Å². The van der Waals surface area contributed by atoms with Gasteiger partial charge in [0.05, 0.1) is 7.11 Å². The van der Waals surface area contributed by atoms with Gasteiger partial charge >= 0.3 is 0 Å². The number of hydrogen-bond donors (Lipinski definition) is 2. The Hall–Kier alpha value is -4.00. The first-order valence-corrected chi connectivity index (χ1v) is 11.4. The van der Waals surface area contributed by atoms with Crippen LogP contribution < -0.4 is 15.4 Å². The topological polar surface area (TPSA) is 93.2 Å². The first-order valence-electron chi connectivity index (χ1n) is 11.4. The summed E-state index contributed by atoms with van der Waals surface area (Å²) in [5, 5.41) is 10.1. The largest absolute Gasteiger partial charge is 0.480 e. The lowest BCUT2D eigenvalue weighted by atomic mass is 9.90. The highest BCUT2D eigenvalue weighted by atomic mass is 16.5.